The number of hydrogen-bond donors (Lipinski definition) is 0. The molecule has 0 saturated heterocycles. The highest BCUT2D eigenvalue weighted by Gasteiger charge is 1.94. The van der Waals surface area contributed by atoms with Crippen molar-refractivity contribution in [2.75, 3.05) is 33.7 Å². The largest absolute Gasteiger partial charge is 0.382 e. The van der Waals surface area contributed by atoms with E-state index < -0.39 is 0 Å². The second kappa shape index (κ2) is 20.6. The molecule has 22 heavy (non-hydrogen) atoms. The molecule has 0 unspecified atom stereocenters. The van der Waals surface area contributed by atoms with Crippen molar-refractivity contribution in [2.24, 2.45) is 0 Å². The Balaban J connectivity index is 2.92. The van der Waals surface area contributed by atoms with Crippen molar-refractivity contribution >= 4 is 6.29 Å². The van der Waals surface area contributed by atoms with Gasteiger partial charge in [-0.15, -0.1) is 0 Å². The molecule has 0 aliphatic heterocycles. The van der Waals surface area contributed by atoms with Gasteiger partial charge in [-0.3, -0.25) is 0 Å². The number of carbonyl (C=O) groups excluding carboxylic acids is 1. The minimum absolute atomic E-state index is 0.385. The Labute approximate surface area is 136 Å². The molecule has 4 nitrogen and oxygen atoms in total. The third-order valence-electron chi connectivity index (χ3n) is 3.71. The summed E-state index contributed by atoms with van der Waals surface area (Å²) in [7, 11) is 1.67. The molecule has 0 amide bonds. The van der Waals surface area contributed by atoms with Crippen molar-refractivity contribution in [3.8, 4) is 0 Å². The lowest BCUT2D eigenvalue weighted by atomic mass is 10.1. The first-order valence-corrected chi connectivity index (χ1v) is 9.00. The van der Waals surface area contributed by atoms with Crippen LogP contribution in [0.4, 0.5) is 0 Å². The van der Waals surface area contributed by atoms with Crippen molar-refractivity contribution in [2.45, 2.75) is 77.0 Å². The Morgan fingerprint density at radius 1 is 0.636 bits per heavy atom. The molecule has 0 saturated carbocycles. The van der Waals surface area contributed by atoms with Crippen molar-refractivity contribution in [3.63, 3.8) is 0 Å². The highest BCUT2D eigenvalue weighted by atomic mass is 16.7. The SMILES string of the molecule is COCCOCOCCCCCCCCCCCCCC=O. The molecule has 0 aliphatic rings. The molecule has 0 rings (SSSR count). The number of rotatable bonds is 19. The number of hydrogen-bond acceptors (Lipinski definition) is 4. The molecule has 0 aromatic heterocycles. The Morgan fingerprint density at radius 2 is 1.14 bits per heavy atom. The summed E-state index contributed by atoms with van der Waals surface area (Å²) in [4.78, 5) is 10.2. The molecular weight excluding hydrogens is 280 g/mol. The van der Waals surface area contributed by atoms with Crippen LogP contribution in [0.15, 0.2) is 0 Å². The predicted octanol–water partition coefficient (Wildman–Crippen LogP) is 4.50. The predicted molar refractivity (Wildman–Crippen MR) is 90.1 cm³/mol. The maximum atomic E-state index is 10.2. The molecule has 0 aromatic carbocycles. The van der Waals surface area contributed by atoms with E-state index in [1.54, 1.807) is 7.11 Å². The highest BCUT2D eigenvalue weighted by molar-refractivity contribution is 5.48. The minimum atomic E-state index is 0.385. The smallest absolute Gasteiger partial charge is 0.146 e. The lowest BCUT2D eigenvalue weighted by Crippen LogP contribution is -2.06. The summed E-state index contributed by atoms with van der Waals surface area (Å²) in [5, 5.41) is 0. The number of unbranched alkanes of at least 4 members (excludes halogenated alkanes) is 11. The maximum Gasteiger partial charge on any atom is 0.146 e. The third-order valence-corrected chi connectivity index (χ3v) is 3.71. The van der Waals surface area contributed by atoms with E-state index in [9.17, 15) is 4.79 Å². The Morgan fingerprint density at radius 3 is 1.68 bits per heavy atom. The lowest BCUT2D eigenvalue weighted by Gasteiger charge is -2.05. The van der Waals surface area contributed by atoms with Crippen LogP contribution in [0.3, 0.4) is 0 Å². The summed E-state index contributed by atoms with van der Waals surface area (Å²) in [5.41, 5.74) is 0. The van der Waals surface area contributed by atoms with Crippen molar-refractivity contribution < 1.29 is 19.0 Å². The third kappa shape index (κ3) is 19.6. The minimum Gasteiger partial charge on any atom is -0.382 e. The highest BCUT2D eigenvalue weighted by Crippen LogP contribution is 2.11. The first-order chi connectivity index (χ1) is 10.9. The van der Waals surface area contributed by atoms with Gasteiger partial charge in [0.15, 0.2) is 0 Å². The van der Waals surface area contributed by atoms with Gasteiger partial charge in [0.05, 0.1) is 13.2 Å². The van der Waals surface area contributed by atoms with Crippen LogP contribution < -0.4 is 0 Å². The van der Waals surface area contributed by atoms with E-state index in [1.807, 2.05) is 0 Å². The number of aldehydes is 1. The topological polar surface area (TPSA) is 44.8 Å². The quantitative estimate of drug-likeness (QED) is 0.200. The van der Waals surface area contributed by atoms with Crippen LogP contribution in [0, 0.1) is 0 Å². The van der Waals surface area contributed by atoms with Gasteiger partial charge >= 0.3 is 0 Å². The number of carbonyl (C=O) groups is 1. The Kier molecular flexibility index (Phi) is 20.1. The van der Waals surface area contributed by atoms with Crippen LogP contribution in [-0.4, -0.2) is 40.0 Å². The van der Waals surface area contributed by atoms with Gasteiger partial charge in [0, 0.05) is 20.1 Å². The van der Waals surface area contributed by atoms with E-state index in [4.69, 9.17) is 14.2 Å². The van der Waals surface area contributed by atoms with Gasteiger partial charge in [0.1, 0.15) is 13.1 Å². The fraction of sp³-hybridized carbons (Fsp3) is 0.944. The van der Waals surface area contributed by atoms with E-state index in [2.05, 4.69) is 0 Å². The van der Waals surface area contributed by atoms with Gasteiger partial charge in [0.2, 0.25) is 0 Å². The summed E-state index contributed by atoms with van der Waals surface area (Å²) < 4.78 is 15.5. The zero-order chi connectivity index (χ0) is 16.1. The zero-order valence-electron chi connectivity index (χ0n) is 14.5. The maximum absolute atomic E-state index is 10.2. The van der Waals surface area contributed by atoms with Gasteiger partial charge in [-0.25, -0.2) is 0 Å². The molecular formula is C18H36O4. The molecule has 0 N–H and O–H groups in total. The molecule has 0 aliphatic carbocycles. The zero-order valence-corrected chi connectivity index (χ0v) is 14.5. The Bertz CT molecular complexity index is 209. The van der Waals surface area contributed by atoms with E-state index in [1.165, 1.54) is 57.8 Å². The molecule has 0 bridgehead atoms. The van der Waals surface area contributed by atoms with Crippen LogP contribution in [-0.2, 0) is 19.0 Å². The number of ether oxygens (including phenoxy) is 3. The lowest BCUT2D eigenvalue weighted by molar-refractivity contribution is -0.107. The van der Waals surface area contributed by atoms with Gasteiger partial charge in [-0.1, -0.05) is 57.8 Å². The molecule has 0 atom stereocenters. The van der Waals surface area contributed by atoms with Crippen LogP contribution in [0.1, 0.15) is 77.0 Å². The van der Waals surface area contributed by atoms with Crippen LogP contribution in [0.25, 0.3) is 0 Å². The van der Waals surface area contributed by atoms with Gasteiger partial charge in [-0.2, -0.15) is 0 Å². The van der Waals surface area contributed by atoms with Crippen molar-refractivity contribution in [1.82, 2.24) is 0 Å². The molecule has 0 radical (unpaired) electrons. The molecule has 0 fully saturated rings. The molecule has 0 heterocycles. The second-order valence-corrected chi connectivity index (χ2v) is 5.77. The first kappa shape index (κ1) is 21.6. The molecule has 4 heteroatoms. The van der Waals surface area contributed by atoms with E-state index in [0.29, 0.717) is 20.0 Å². The average Bonchev–Trinajstić information content (AvgIpc) is 2.54. The summed E-state index contributed by atoms with van der Waals surface area (Å²) in [6.45, 7) is 2.42. The van der Waals surface area contributed by atoms with E-state index in [0.717, 1.165) is 32.2 Å². The fourth-order valence-corrected chi connectivity index (χ4v) is 2.34. The summed E-state index contributed by atoms with van der Waals surface area (Å²) >= 11 is 0. The monoisotopic (exact) mass is 316 g/mol. The van der Waals surface area contributed by atoms with Crippen molar-refractivity contribution in [3.05, 3.63) is 0 Å². The Hall–Kier alpha value is -0.450. The molecule has 132 valence electrons. The average molecular weight is 316 g/mol. The van der Waals surface area contributed by atoms with Gasteiger partial charge in [0.25, 0.3) is 0 Å². The van der Waals surface area contributed by atoms with Gasteiger partial charge in [-0.05, 0) is 12.8 Å². The van der Waals surface area contributed by atoms with Gasteiger partial charge < -0.3 is 19.0 Å². The number of methoxy groups -OCH3 is 1. The normalized spacial score (nSPS) is 11.0. The summed E-state index contributed by atoms with van der Waals surface area (Å²) in [5.74, 6) is 0. The molecule has 0 aromatic rings. The fourth-order valence-electron chi connectivity index (χ4n) is 2.34. The van der Waals surface area contributed by atoms with E-state index in [-0.39, 0.29) is 0 Å². The van der Waals surface area contributed by atoms with E-state index >= 15 is 0 Å². The van der Waals surface area contributed by atoms with Crippen LogP contribution in [0.2, 0.25) is 0 Å². The molecule has 0 spiro atoms. The standard InChI is InChI=1S/C18H36O4/c1-20-16-17-22-18-21-15-13-11-9-7-5-3-2-4-6-8-10-12-14-19/h14H,2-13,15-18H2,1H3. The summed E-state index contributed by atoms with van der Waals surface area (Å²) in [6, 6.07) is 0. The summed E-state index contributed by atoms with van der Waals surface area (Å²) in [6.07, 6.45) is 15.8. The van der Waals surface area contributed by atoms with Crippen LogP contribution in [0.5, 0.6) is 0 Å². The second-order valence-electron chi connectivity index (χ2n) is 5.77. The first-order valence-electron chi connectivity index (χ1n) is 9.00. The van der Waals surface area contributed by atoms with Crippen LogP contribution >= 0.6 is 0 Å². The van der Waals surface area contributed by atoms with Crippen molar-refractivity contribution in [1.29, 1.82) is 0 Å².